The number of hydrogen-bond acceptors (Lipinski definition) is 7. The van der Waals surface area contributed by atoms with Gasteiger partial charge in [0.15, 0.2) is 17.3 Å². The highest BCUT2D eigenvalue weighted by Crippen LogP contribution is 2.46. The molecule has 1 amide bonds. The fraction of sp³-hybridized carbons (Fsp3) is 0.294. The predicted molar refractivity (Wildman–Crippen MR) is 161 cm³/mol. The highest BCUT2D eigenvalue weighted by Gasteiger charge is 2.41. The lowest BCUT2D eigenvalue weighted by atomic mass is 9.71. The minimum Gasteiger partial charge on any atom is -0.497 e. The van der Waals surface area contributed by atoms with E-state index in [1.54, 1.807) is 45.6 Å². The van der Waals surface area contributed by atoms with Gasteiger partial charge in [-0.2, -0.15) is 0 Å². The molecular formula is C34H36N2O6. The van der Waals surface area contributed by atoms with Crippen LogP contribution in [0.1, 0.15) is 49.7 Å². The number of nitrogens with one attached hydrogen (secondary N) is 2. The summed E-state index contributed by atoms with van der Waals surface area (Å²) in [5.74, 6) is 1.84. The maximum atomic E-state index is 14.0. The van der Waals surface area contributed by atoms with E-state index in [0.717, 1.165) is 22.6 Å². The SMILES string of the molecule is CCOc1ccc([C@@H]2C(C(=O)Nc3ccc(OC)cc3)=C(C)NC3=C2C(=O)C[C@@H](c2ccc(OC)c(OC)c2)C3)cc1. The van der Waals surface area contributed by atoms with E-state index in [9.17, 15) is 9.59 Å². The second-order valence-corrected chi connectivity index (χ2v) is 10.3. The van der Waals surface area contributed by atoms with Gasteiger partial charge in [0.1, 0.15) is 11.5 Å². The van der Waals surface area contributed by atoms with Gasteiger partial charge in [-0.1, -0.05) is 18.2 Å². The van der Waals surface area contributed by atoms with Crippen molar-refractivity contribution in [1.82, 2.24) is 5.32 Å². The van der Waals surface area contributed by atoms with Crippen molar-refractivity contribution in [2.75, 3.05) is 33.3 Å². The van der Waals surface area contributed by atoms with Crippen LogP contribution >= 0.6 is 0 Å². The zero-order valence-electron chi connectivity index (χ0n) is 24.6. The number of anilines is 1. The average Bonchev–Trinajstić information content (AvgIpc) is 3.00. The molecule has 0 spiro atoms. The lowest BCUT2D eigenvalue weighted by Gasteiger charge is -2.37. The second kappa shape index (κ2) is 12.4. The maximum absolute atomic E-state index is 14.0. The van der Waals surface area contributed by atoms with Gasteiger partial charge in [-0.15, -0.1) is 0 Å². The van der Waals surface area contributed by atoms with Crippen molar-refractivity contribution in [1.29, 1.82) is 0 Å². The second-order valence-electron chi connectivity index (χ2n) is 10.3. The number of carbonyl (C=O) groups excluding carboxylic acids is 2. The van der Waals surface area contributed by atoms with Gasteiger partial charge in [-0.25, -0.2) is 0 Å². The van der Waals surface area contributed by atoms with Crippen molar-refractivity contribution in [3.8, 4) is 23.0 Å². The molecule has 2 atom stereocenters. The fourth-order valence-corrected chi connectivity index (χ4v) is 5.81. The van der Waals surface area contributed by atoms with Crippen LogP contribution in [0.5, 0.6) is 23.0 Å². The Hall–Kier alpha value is -4.72. The Morgan fingerprint density at radius 1 is 0.857 bits per heavy atom. The molecule has 0 unspecified atom stereocenters. The van der Waals surface area contributed by atoms with Crippen molar-refractivity contribution in [3.05, 3.63) is 100 Å². The van der Waals surface area contributed by atoms with E-state index in [1.165, 1.54) is 0 Å². The fourth-order valence-electron chi connectivity index (χ4n) is 5.81. The molecule has 1 heterocycles. The molecule has 3 aromatic rings. The number of ketones is 1. The maximum Gasteiger partial charge on any atom is 0.254 e. The van der Waals surface area contributed by atoms with Crippen LogP contribution in [0.2, 0.25) is 0 Å². The van der Waals surface area contributed by atoms with E-state index < -0.39 is 5.92 Å². The summed E-state index contributed by atoms with van der Waals surface area (Å²) >= 11 is 0. The summed E-state index contributed by atoms with van der Waals surface area (Å²) in [4.78, 5) is 27.9. The number of allylic oxidation sites excluding steroid dienone is 3. The Kier molecular flexibility index (Phi) is 8.52. The van der Waals surface area contributed by atoms with E-state index in [4.69, 9.17) is 18.9 Å². The highest BCUT2D eigenvalue weighted by molar-refractivity contribution is 6.10. The van der Waals surface area contributed by atoms with Gasteiger partial charge >= 0.3 is 0 Å². The Morgan fingerprint density at radius 3 is 2.17 bits per heavy atom. The lowest BCUT2D eigenvalue weighted by Crippen LogP contribution is -2.37. The molecule has 5 rings (SSSR count). The number of rotatable bonds is 9. The number of ether oxygens (including phenoxy) is 4. The van der Waals surface area contributed by atoms with E-state index in [1.807, 2.05) is 56.3 Å². The first kappa shape index (κ1) is 28.8. The standard InChI is InChI=1S/C34H36N2O6/c1-6-42-26-12-7-21(8-13-26)32-31(34(38)36-24-10-14-25(39-3)15-11-24)20(2)35-27-17-23(18-28(37)33(27)32)22-9-16-29(40-4)30(19-22)41-5/h7-16,19,23,32,35H,6,17-18H2,1-5H3,(H,36,38)/t23-,32+/m0/s1. The van der Waals surface area contributed by atoms with Crippen LogP contribution in [0.25, 0.3) is 0 Å². The zero-order valence-corrected chi connectivity index (χ0v) is 24.6. The Bertz CT molecular complexity index is 1540. The van der Waals surface area contributed by atoms with E-state index in [2.05, 4.69) is 10.6 Å². The van der Waals surface area contributed by atoms with Crippen LogP contribution in [0.15, 0.2) is 89.3 Å². The number of carbonyl (C=O) groups is 2. The van der Waals surface area contributed by atoms with Gasteiger partial charge in [-0.05, 0) is 85.8 Å². The lowest BCUT2D eigenvalue weighted by molar-refractivity contribution is -0.116. The van der Waals surface area contributed by atoms with Crippen molar-refractivity contribution >= 4 is 17.4 Å². The van der Waals surface area contributed by atoms with Gasteiger partial charge < -0.3 is 29.6 Å². The summed E-state index contributed by atoms with van der Waals surface area (Å²) in [5.41, 5.74) is 5.16. The highest BCUT2D eigenvalue weighted by atomic mass is 16.5. The molecule has 8 heteroatoms. The summed E-state index contributed by atoms with van der Waals surface area (Å²) in [6.07, 6.45) is 0.935. The molecule has 0 saturated heterocycles. The van der Waals surface area contributed by atoms with Gasteiger partial charge in [-0.3, -0.25) is 9.59 Å². The normalized spacial score (nSPS) is 18.2. The van der Waals surface area contributed by atoms with Crippen LogP contribution in [0.3, 0.4) is 0 Å². The van der Waals surface area contributed by atoms with Crippen molar-refractivity contribution in [3.63, 3.8) is 0 Å². The summed E-state index contributed by atoms with van der Waals surface area (Å²) in [6.45, 7) is 4.37. The number of Topliss-reactive ketones (excluding diaryl/α,β-unsaturated/α-hetero) is 1. The zero-order chi connectivity index (χ0) is 29.8. The number of methoxy groups -OCH3 is 3. The minimum atomic E-state index is -0.533. The van der Waals surface area contributed by atoms with Crippen LogP contribution in [0, 0.1) is 0 Å². The molecule has 2 aliphatic rings. The first-order valence-corrected chi connectivity index (χ1v) is 14.0. The Morgan fingerprint density at radius 2 is 1.52 bits per heavy atom. The monoisotopic (exact) mass is 568 g/mol. The number of benzene rings is 3. The van der Waals surface area contributed by atoms with Crippen LogP contribution in [-0.4, -0.2) is 39.6 Å². The first-order chi connectivity index (χ1) is 20.4. The molecule has 0 radical (unpaired) electrons. The van der Waals surface area contributed by atoms with Crippen molar-refractivity contribution in [2.24, 2.45) is 0 Å². The first-order valence-electron chi connectivity index (χ1n) is 14.0. The summed E-state index contributed by atoms with van der Waals surface area (Å²) in [5, 5.41) is 6.46. The van der Waals surface area contributed by atoms with Crippen LogP contribution in [0.4, 0.5) is 5.69 Å². The molecule has 1 aliphatic heterocycles. The summed E-state index contributed by atoms with van der Waals surface area (Å²) in [6, 6.07) is 20.6. The van der Waals surface area contributed by atoms with Gasteiger partial charge in [0, 0.05) is 40.6 Å². The Labute approximate surface area is 246 Å². The topological polar surface area (TPSA) is 95.1 Å². The van der Waals surface area contributed by atoms with Gasteiger partial charge in [0.05, 0.1) is 27.9 Å². The number of amides is 1. The molecule has 1 aliphatic carbocycles. The van der Waals surface area contributed by atoms with Gasteiger partial charge in [0.25, 0.3) is 5.91 Å². The number of hydrogen-bond donors (Lipinski definition) is 2. The molecule has 8 nitrogen and oxygen atoms in total. The third kappa shape index (κ3) is 5.70. The average molecular weight is 569 g/mol. The molecule has 0 aromatic heterocycles. The molecular weight excluding hydrogens is 532 g/mol. The summed E-state index contributed by atoms with van der Waals surface area (Å²) < 4.78 is 21.8. The van der Waals surface area contributed by atoms with Crippen molar-refractivity contribution < 1.29 is 28.5 Å². The smallest absolute Gasteiger partial charge is 0.254 e. The molecule has 2 N–H and O–H groups in total. The van der Waals surface area contributed by atoms with Crippen molar-refractivity contribution in [2.45, 2.75) is 38.5 Å². The molecule has 3 aromatic carbocycles. The molecule has 42 heavy (non-hydrogen) atoms. The molecule has 0 saturated carbocycles. The molecule has 0 fully saturated rings. The van der Waals surface area contributed by atoms with Crippen LogP contribution < -0.4 is 29.6 Å². The molecule has 218 valence electrons. The quantitative estimate of drug-likeness (QED) is 0.322. The third-order valence-electron chi connectivity index (χ3n) is 7.82. The van der Waals surface area contributed by atoms with E-state index in [-0.39, 0.29) is 17.6 Å². The van der Waals surface area contributed by atoms with E-state index >= 15 is 0 Å². The van der Waals surface area contributed by atoms with E-state index in [0.29, 0.717) is 59.2 Å². The predicted octanol–water partition coefficient (Wildman–Crippen LogP) is 6.11. The largest absolute Gasteiger partial charge is 0.497 e. The molecule has 0 bridgehead atoms. The third-order valence-corrected chi connectivity index (χ3v) is 7.82. The minimum absolute atomic E-state index is 0.00432. The number of dihydropyridines is 1. The van der Waals surface area contributed by atoms with Gasteiger partial charge in [0.2, 0.25) is 0 Å². The van der Waals surface area contributed by atoms with Crippen LogP contribution in [-0.2, 0) is 9.59 Å². The summed E-state index contributed by atoms with van der Waals surface area (Å²) in [7, 11) is 4.80. The Balaban J connectivity index is 1.52.